The molecule has 4 atom stereocenters. The van der Waals surface area contributed by atoms with Crippen molar-refractivity contribution in [1.82, 2.24) is 15.5 Å². The quantitative estimate of drug-likeness (QED) is 0.526. The van der Waals surface area contributed by atoms with E-state index in [2.05, 4.69) is 10.6 Å². The lowest BCUT2D eigenvalue weighted by molar-refractivity contribution is -0.135. The lowest BCUT2D eigenvalue weighted by Crippen LogP contribution is -2.48. The minimum absolute atomic E-state index is 0.0243. The molecule has 4 rings (SSSR count). The molecule has 3 amide bonds. The highest BCUT2D eigenvalue weighted by Crippen LogP contribution is 2.28. The van der Waals surface area contributed by atoms with Crippen molar-refractivity contribution in [2.45, 2.75) is 44.7 Å². The molecule has 2 N–H and O–H groups in total. The van der Waals surface area contributed by atoms with E-state index in [0.29, 0.717) is 25.9 Å². The van der Waals surface area contributed by atoms with E-state index in [4.69, 9.17) is 11.6 Å². The Balaban J connectivity index is 1.46. The maximum absolute atomic E-state index is 14.2. The Hall–Kier alpha value is -3.19. The minimum atomic E-state index is -0.634. The summed E-state index contributed by atoms with van der Waals surface area (Å²) in [6.45, 7) is 2.98. The number of carbonyl (C=O) groups excluding carboxylic acids is 3. The Labute approximate surface area is 215 Å². The van der Waals surface area contributed by atoms with E-state index in [1.165, 1.54) is 24.3 Å². The van der Waals surface area contributed by atoms with Crippen molar-refractivity contribution in [3.05, 3.63) is 76.6 Å². The van der Waals surface area contributed by atoms with Crippen LogP contribution >= 0.6 is 11.6 Å². The number of nitrogens with zero attached hydrogens (tertiary/aromatic N) is 1. The highest BCUT2D eigenvalue weighted by Gasteiger charge is 2.39. The van der Waals surface area contributed by atoms with Crippen molar-refractivity contribution in [2.24, 2.45) is 11.8 Å². The summed E-state index contributed by atoms with van der Waals surface area (Å²) in [6, 6.07) is 13.4. The number of benzene rings is 2. The molecule has 0 unspecified atom stereocenters. The first-order chi connectivity index (χ1) is 17.3. The van der Waals surface area contributed by atoms with Crippen molar-refractivity contribution in [3.63, 3.8) is 0 Å². The van der Waals surface area contributed by atoms with Gasteiger partial charge in [0.1, 0.15) is 11.9 Å². The largest absolute Gasteiger partial charge is 0.356 e. The Kier molecular flexibility index (Phi) is 8.41. The maximum Gasteiger partial charge on any atom is 0.247 e. The van der Waals surface area contributed by atoms with Crippen LogP contribution in [0.1, 0.15) is 37.3 Å². The molecule has 8 heteroatoms. The predicted octanol–water partition coefficient (Wildman–Crippen LogP) is 3.98. The highest BCUT2D eigenvalue weighted by atomic mass is 35.5. The topological polar surface area (TPSA) is 78.5 Å². The van der Waals surface area contributed by atoms with E-state index in [-0.39, 0.29) is 46.2 Å². The monoisotopic (exact) mass is 511 g/mol. The average molecular weight is 512 g/mol. The predicted molar refractivity (Wildman–Crippen MR) is 138 cm³/mol. The summed E-state index contributed by atoms with van der Waals surface area (Å²) in [6.07, 6.45) is 5.33. The van der Waals surface area contributed by atoms with Gasteiger partial charge in [-0.2, -0.15) is 0 Å². The Morgan fingerprint density at radius 3 is 2.72 bits per heavy atom. The molecule has 0 aromatic heterocycles. The molecule has 190 valence electrons. The molecular weight excluding hydrogens is 481 g/mol. The number of likely N-dealkylation sites (tertiary alicyclic amines) is 1. The molecule has 2 aliphatic heterocycles. The van der Waals surface area contributed by atoms with Gasteiger partial charge in [0.15, 0.2) is 0 Å². The Morgan fingerprint density at radius 2 is 2.03 bits per heavy atom. The van der Waals surface area contributed by atoms with Gasteiger partial charge in [-0.25, -0.2) is 4.39 Å². The van der Waals surface area contributed by atoms with Gasteiger partial charge < -0.3 is 15.5 Å². The summed E-state index contributed by atoms with van der Waals surface area (Å²) in [5.41, 5.74) is 1.40. The second kappa shape index (κ2) is 11.7. The molecule has 6 nitrogen and oxygen atoms in total. The number of hydrogen-bond donors (Lipinski definition) is 2. The lowest BCUT2D eigenvalue weighted by atomic mass is 9.96. The molecule has 36 heavy (non-hydrogen) atoms. The van der Waals surface area contributed by atoms with Crippen LogP contribution in [0.4, 0.5) is 4.39 Å². The second-order valence-electron chi connectivity index (χ2n) is 9.72. The van der Waals surface area contributed by atoms with Crippen LogP contribution in [0.2, 0.25) is 5.02 Å². The van der Waals surface area contributed by atoms with E-state index in [9.17, 15) is 18.8 Å². The van der Waals surface area contributed by atoms with Crippen molar-refractivity contribution < 1.29 is 18.8 Å². The van der Waals surface area contributed by atoms with Crippen LogP contribution in [0.25, 0.3) is 6.08 Å². The molecule has 2 heterocycles. The maximum atomic E-state index is 14.2. The molecule has 2 aromatic rings. The molecule has 2 fully saturated rings. The number of halogens is 2. The molecule has 0 radical (unpaired) electrons. The summed E-state index contributed by atoms with van der Waals surface area (Å²) < 4.78 is 14.2. The van der Waals surface area contributed by atoms with Gasteiger partial charge in [0, 0.05) is 41.7 Å². The number of amides is 3. The fraction of sp³-hybridized carbons (Fsp3) is 0.393. The van der Waals surface area contributed by atoms with Crippen LogP contribution in [0.3, 0.4) is 0 Å². The van der Waals surface area contributed by atoms with Gasteiger partial charge in [-0.1, -0.05) is 48.0 Å². The van der Waals surface area contributed by atoms with Crippen LogP contribution in [-0.4, -0.2) is 47.8 Å². The zero-order valence-corrected chi connectivity index (χ0v) is 21.0. The van der Waals surface area contributed by atoms with Gasteiger partial charge in [-0.05, 0) is 62.3 Å². The van der Waals surface area contributed by atoms with E-state index >= 15 is 0 Å². The van der Waals surface area contributed by atoms with Gasteiger partial charge >= 0.3 is 0 Å². The van der Waals surface area contributed by atoms with Gasteiger partial charge in [-0.3, -0.25) is 14.4 Å². The zero-order chi connectivity index (χ0) is 25.7. The van der Waals surface area contributed by atoms with Gasteiger partial charge in [0.05, 0.1) is 0 Å². The van der Waals surface area contributed by atoms with Crippen LogP contribution in [0.5, 0.6) is 0 Å². The smallest absolute Gasteiger partial charge is 0.247 e. The van der Waals surface area contributed by atoms with Gasteiger partial charge in [-0.15, -0.1) is 0 Å². The molecule has 0 bridgehead atoms. The van der Waals surface area contributed by atoms with E-state index < -0.39 is 11.9 Å². The molecule has 2 aromatic carbocycles. The minimum Gasteiger partial charge on any atom is -0.356 e. The summed E-state index contributed by atoms with van der Waals surface area (Å²) in [7, 11) is 0. The first-order valence-electron chi connectivity index (χ1n) is 12.4. The lowest BCUT2D eigenvalue weighted by Gasteiger charge is -2.25. The SMILES string of the molecule is C[C@H](C[C@@H]1CCNC1=O)NC(=O)[C@@H]1C[C@@H](Cc2ccccc2)CN1C(=O)/C=C/c1ccc(Cl)cc1F. The normalized spacial score (nSPS) is 22.6. The molecule has 0 aliphatic carbocycles. The molecule has 0 saturated carbocycles. The van der Waals surface area contributed by atoms with Crippen molar-refractivity contribution in [1.29, 1.82) is 0 Å². The van der Waals surface area contributed by atoms with E-state index in [1.807, 2.05) is 37.3 Å². The fourth-order valence-electron chi connectivity index (χ4n) is 5.10. The van der Waals surface area contributed by atoms with Crippen LogP contribution < -0.4 is 10.6 Å². The summed E-state index contributed by atoms with van der Waals surface area (Å²) in [5, 5.41) is 6.12. The number of rotatable bonds is 8. The van der Waals surface area contributed by atoms with Crippen molar-refractivity contribution >= 4 is 35.4 Å². The zero-order valence-electron chi connectivity index (χ0n) is 20.3. The molecular formula is C28H31ClFN3O3. The van der Waals surface area contributed by atoms with Crippen molar-refractivity contribution in [3.8, 4) is 0 Å². The third-order valence-electron chi connectivity index (χ3n) is 6.90. The third kappa shape index (κ3) is 6.52. The fourth-order valence-corrected chi connectivity index (χ4v) is 5.26. The number of hydrogen-bond acceptors (Lipinski definition) is 3. The van der Waals surface area contributed by atoms with E-state index in [0.717, 1.165) is 18.4 Å². The average Bonchev–Trinajstić information content (AvgIpc) is 3.45. The van der Waals surface area contributed by atoms with Gasteiger partial charge in [0.25, 0.3) is 0 Å². The summed E-state index contributed by atoms with van der Waals surface area (Å²) in [5.74, 6) is -1.06. The highest BCUT2D eigenvalue weighted by molar-refractivity contribution is 6.30. The molecule has 2 aliphatic rings. The Bertz CT molecular complexity index is 1140. The van der Waals surface area contributed by atoms with Crippen LogP contribution in [0.15, 0.2) is 54.6 Å². The third-order valence-corrected chi connectivity index (χ3v) is 7.13. The second-order valence-corrected chi connectivity index (χ2v) is 10.2. The van der Waals surface area contributed by atoms with Crippen LogP contribution in [0, 0.1) is 17.7 Å². The molecule has 2 saturated heterocycles. The van der Waals surface area contributed by atoms with E-state index in [1.54, 1.807) is 11.0 Å². The Morgan fingerprint density at radius 1 is 1.25 bits per heavy atom. The first kappa shape index (κ1) is 25.9. The van der Waals surface area contributed by atoms with Gasteiger partial charge in [0.2, 0.25) is 17.7 Å². The number of nitrogens with one attached hydrogen (secondary N) is 2. The van der Waals surface area contributed by atoms with Crippen molar-refractivity contribution in [2.75, 3.05) is 13.1 Å². The van der Waals surface area contributed by atoms with Crippen LogP contribution in [-0.2, 0) is 20.8 Å². The summed E-state index contributed by atoms with van der Waals surface area (Å²) >= 11 is 5.82. The first-order valence-corrected chi connectivity index (χ1v) is 12.7. The molecule has 0 spiro atoms. The number of carbonyl (C=O) groups is 3. The standard InChI is InChI=1S/C28H31ClFN3O3/c1-18(13-22-11-12-31-27(22)35)32-28(36)25-15-20(14-19-5-3-2-4-6-19)17-33(25)26(34)10-8-21-7-9-23(29)16-24(21)30/h2-10,16,18,20,22,25H,11-15,17H2,1H3,(H,31,35)(H,32,36)/b10-8+/t18-,20-,22+,25+/m1/s1. The summed E-state index contributed by atoms with van der Waals surface area (Å²) in [4.78, 5) is 40.0.